The third-order valence-electron chi connectivity index (χ3n) is 5.13. The van der Waals surface area contributed by atoms with Gasteiger partial charge in [-0.25, -0.2) is 4.79 Å². The summed E-state index contributed by atoms with van der Waals surface area (Å²) in [6.07, 6.45) is 0.897. The second-order valence-corrected chi connectivity index (χ2v) is 7.87. The number of benzene rings is 3. The van der Waals surface area contributed by atoms with E-state index in [1.165, 1.54) is 0 Å². The SMILES string of the molecule is COc1ccc(NC(=O)Nc2cc(C(=O)c3ccc(O[C@@H]4CCOC4)cc3)ccc2Cl)cc1. The Bertz CT molecular complexity index is 1130. The quantitative estimate of drug-likeness (QED) is 0.456. The van der Waals surface area contributed by atoms with E-state index in [2.05, 4.69) is 10.6 Å². The van der Waals surface area contributed by atoms with Crippen molar-refractivity contribution in [3.8, 4) is 11.5 Å². The van der Waals surface area contributed by atoms with Crippen LogP contribution in [0.2, 0.25) is 5.02 Å². The van der Waals surface area contributed by atoms with Crippen molar-refractivity contribution in [2.45, 2.75) is 12.5 Å². The molecule has 1 fully saturated rings. The van der Waals surface area contributed by atoms with Gasteiger partial charge in [0, 0.05) is 23.2 Å². The van der Waals surface area contributed by atoms with E-state index >= 15 is 0 Å². The van der Waals surface area contributed by atoms with Gasteiger partial charge < -0.3 is 24.8 Å². The zero-order valence-corrected chi connectivity index (χ0v) is 18.7. The Balaban J connectivity index is 1.42. The molecule has 1 aliphatic rings. The van der Waals surface area contributed by atoms with E-state index in [0.29, 0.717) is 52.2 Å². The number of nitrogens with one attached hydrogen (secondary N) is 2. The Morgan fingerprint density at radius 1 is 0.939 bits per heavy atom. The standard InChI is InChI=1S/C25H23ClN2O5/c1-31-19-9-5-18(6-10-19)27-25(30)28-23-14-17(4-11-22(23)26)24(29)16-2-7-20(8-3-16)33-21-12-13-32-15-21/h2-11,14,21H,12-13,15H2,1H3,(H2,27,28,30)/t21-/m1/s1. The normalized spacial score (nSPS) is 15.0. The monoisotopic (exact) mass is 466 g/mol. The molecule has 0 spiro atoms. The van der Waals surface area contributed by atoms with Gasteiger partial charge >= 0.3 is 6.03 Å². The van der Waals surface area contributed by atoms with Crippen LogP contribution in [0.4, 0.5) is 16.2 Å². The van der Waals surface area contributed by atoms with Gasteiger partial charge in [-0.1, -0.05) is 11.6 Å². The number of amides is 2. The number of ether oxygens (including phenoxy) is 3. The third-order valence-corrected chi connectivity index (χ3v) is 5.46. The highest BCUT2D eigenvalue weighted by molar-refractivity contribution is 6.34. The fraction of sp³-hybridized carbons (Fsp3) is 0.200. The number of hydrogen-bond acceptors (Lipinski definition) is 5. The van der Waals surface area contributed by atoms with Crippen molar-refractivity contribution >= 4 is 34.8 Å². The van der Waals surface area contributed by atoms with E-state index in [9.17, 15) is 9.59 Å². The van der Waals surface area contributed by atoms with Gasteiger partial charge in [-0.15, -0.1) is 0 Å². The minimum Gasteiger partial charge on any atom is -0.497 e. The van der Waals surface area contributed by atoms with E-state index < -0.39 is 6.03 Å². The lowest BCUT2D eigenvalue weighted by Gasteiger charge is -2.12. The second-order valence-electron chi connectivity index (χ2n) is 7.46. The predicted molar refractivity (Wildman–Crippen MR) is 127 cm³/mol. The molecule has 3 aromatic carbocycles. The lowest BCUT2D eigenvalue weighted by atomic mass is 10.0. The number of carbonyl (C=O) groups is 2. The fourth-order valence-electron chi connectivity index (χ4n) is 3.37. The maximum atomic E-state index is 13.0. The number of methoxy groups -OCH3 is 1. The maximum Gasteiger partial charge on any atom is 0.323 e. The summed E-state index contributed by atoms with van der Waals surface area (Å²) in [6, 6.07) is 18.1. The first-order valence-corrected chi connectivity index (χ1v) is 10.8. The van der Waals surface area contributed by atoms with Gasteiger partial charge in [-0.2, -0.15) is 0 Å². The Kier molecular flexibility index (Phi) is 7.12. The summed E-state index contributed by atoms with van der Waals surface area (Å²) < 4.78 is 16.3. The van der Waals surface area contributed by atoms with Crippen molar-refractivity contribution in [2.75, 3.05) is 31.0 Å². The molecule has 0 aromatic heterocycles. The van der Waals surface area contributed by atoms with E-state index in [-0.39, 0.29) is 11.9 Å². The smallest absolute Gasteiger partial charge is 0.323 e. The lowest BCUT2D eigenvalue weighted by molar-refractivity contribution is 0.103. The van der Waals surface area contributed by atoms with Crippen molar-refractivity contribution in [2.24, 2.45) is 0 Å². The first-order chi connectivity index (χ1) is 16.0. The van der Waals surface area contributed by atoms with Gasteiger partial charge in [-0.3, -0.25) is 4.79 Å². The van der Waals surface area contributed by atoms with Crippen molar-refractivity contribution in [3.63, 3.8) is 0 Å². The number of anilines is 2. The summed E-state index contributed by atoms with van der Waals surface area (Å²) in [5.41, 5.74) is 1.82. The topological polar surface area (TPSA) is 85.9 Å². The third kappa shape index (κ3) is 5.83. The first kappa shape index (κ1) is 22.6. The van der Waals surface area contributed by atoms with Crippen LogP contribution in [0.3, 0.4) is 0 Å². The molecule has 33 heavy (non-hydrogen) atoms. The van der Waals surface area contributed by atoms with Crippen molar-refractivity contribution < 1.29 is 23.8 Å². The zero-order valence-electron chi connectivity index (χ0n) is 18.0. The first-order valence-electron chi connectivity index (χ1n) is 10.4. The van der Waals surface area contributed by atoms with Crippen molar-refractivity contribution in [3.05, 3.63) is 82.9 Å². The molecule has 1 atom stereocenters. The minimum absolute atomic E-state index is 0.0421. The molecule has 8 heteroatoms. The van der Waals surface area contributed by atoms with Crippen LogP contribution in [0, 0.1) is 0 Å². The summed E-state index contributed by atoms with van der Waals surface area (Å²) >= 11 is 6.24. The number of carbonyl (C=O) groups excluding carboxylic acids is 2. The van der Waals surface area contributed by atoms with Gasteiger partial charge in [-0.05, 0) is 66.7 Å². The summed E-state index contributed by atoms with van der Waals surface area (Å²) in [4.78, 5) is 25.4. The van der Waals surface area contributed by atoms with Gasteiger partial charge in [0.1, 0.15) is 17.6 Å². The highest BCUT2D eigenvalue weighted by Gasteiger charge is 2.18. The molecule has 2 amide bonds. The molecule has 3 aromatic rings. The zero-order chi connectivity index (χ0) is 23.2. The van der Waals surface area contributed by atoms with E-state index in [1.54, 1.807) is 73.8 Å². The van der Waals surface area contributed by atoms with Crippen LogP contribution in [0.25, 0.3) is 0 Å². The Labute approximate surface area is 196 Å². The molecule has 1 heterocycles. The van der Waals surface area contributed by atoms with Gasteiger partial charge in [0.2, 0.25) is 0 Å². The molecule has 1 saturated heterocycles. The van der Waals surface area contributed by atoms with Gasteiger partial charge in [0.05, 0.1) is 31.0 Å². The largest absolute Gasteiger partial charge is 0.497 e. The lowest BCUT2D eigenvalue weighted by Crippen LogP contribution is -2.20. The number of urea groups is 1. The molecular weight excluding hydrogens is 444 g/mol. The molecule has 0 saturated carbocycles. The predicted octanol–water partition coefficient (Wildman–Crippen LogP) is 5.39. The van der Waals surface area contributed by atoms with Crippen LogP contribution in [0.15, 0.2) is 66.7 Å². The summed E-state index contributed by atoms with van der Waals surface area (Å²) in [5.74, 6) is 1.18. The highest BCUT2D eigenvalue weighted by atomic mass is 35.5. The Hall–Kier alpha value is -3.55. The highest BCUT2D eigenvalue weighted by Crippen LogP contribution is 2.26. The molecule has 0 aliphatic carbocycles. The second kappa shape index (κ2) is 10.4. The van der Waals surface area contributed by atoms with Crippen LogP contribution < -0.4 is 20.1 Å². The summed E-state index contributed by atoms with van der Waals surface area (Å²) in [5, 5.41) is 5.72. The van der Waals surface area contributed by atoms with E-state index in [1.807, 2.05) is 0 Å². The van der Waals surface area contributed by atoms with Gasteiger partial charge in [0.15, 0.2) is 5.78 Å². The minimum atomic E-state index is -0.482. The average Bonchev–Trinajstić information content (AvgIpc) is 3.34. The molecular formula is C25H23ClN2O5. The molecule has 2 N–H and O–H groups in total. The van der Waals surface area contributed by atoms with E-state index in [0.717, 1.165) is 6.42 Å². The molecule has 0 radical (unpaired) electrons. The Morgan fingerprint density at radius 3 is 2.30 bits per heavy atom. The maximum absolute atomic E-state index is 13.0. The van der Waals surface area contributed by atoms with Crippen LogP contribution in [0.5, 0.6) is 11.5 Å². The molecule has 7 nitrogen and oxygen atoms in total. The molecule has 4 rings (SSSR count). The molecule has 1 aliphatic heterocycles. The van der Waals surface area contributed by atoms with Crippen LogP contribution in [-0.2, 0) is 4.74 Å². The summed E-state index contributed by atoms with van der Waals surface area (Å²) in [6.45, 7) is 1.28. The Morgan fingerprint density at radius 2 is 1.64 bits per heavy atom. The van der Waals surface area contributed by atoms with Crippen molar-refractivity contribution in [1.82, 2.24) is 0 Å². The molecule has 0 bridgehead atoms. The fourth-order valence-corrected chi connectivity index (χ4v) is 3.54. The molecule has 0 unspecified atom stereocenters. The van der Waals surface area contributed by atoms with E-state index in [4.69, 9.17) is 25.8 Å². The van der Waals surface area contributed by atoms with Crippen molar-refractivity contribution in [1.29, 1.82) is 0 Å². The number of hydrogen-bond donors (Lipinski definition) is 2. The van der Waals surface area contributed by atoms with Crippen LogP contribution >= 0.6 is 11.6 Å². The van der Waals surface area contributed by atoms with Crippen LogP contribution in [-0.4, -0.2) is 38.2 Å². The number of halogens is 1. The van der Waals surface area contributed by atoms with Gasteiger partial charge in [0.25, 0.3) is 0 Å². The van der Waals surface area contributed by atoms with Crippen LogP contribution in [0.1, 0.15) is 22.3 Å². The average molecular weight is 467 g/mol. The number of rotatable bonds is 7. The molecule has 170 valence electrons. The summed E-state index contributed by atoms with van der Waals surface area (Å²) in [7, 11) is 1.57. The number of ketones is 1.